The second-order valence-electron chi connectivity index (χ2n) is 6.84. The lowest BCUT2D eigenvalue weighted by Gasteiger charge is -2.36. The number of aromatic nitrogens is 1. The Balaban J connectivity index is 1.48. The van der Waals surface area contributed by atoms with Crippen LogP contribution >= 0.6 is 0 Å². The third kappa shape index (κ3) is 3.39. The molecule has 116 valence electrons. The van der Waals surface area contributed by atoms with Gasteiger partial charge in [-0.25, -0.2) is 0 Å². The van der Waals surface area contributed by atoms with Gasteiger partial charge in [0.15, 0.2) is 0 Å². The molecule has 0 bridgehead atoms. The topological polar surface area (TPSA) is 28.2 Å². The monoisotopic (exact) mass is 287 g/mol. The first kappa shape index (κ1) is 14.8. The van der Waals surface area contributed by atoms with Crippen LogP contribution in [-0.4, -0.2) is 30.2 Å². The van der Waals surface area contributed by atoms with Gasteiger partial charge in [0.05, 0.1) is 0 Å². The third-order valence-corrected chi connectivity index (χ3v) is 5.72. The molecule has 3 atom stereocenters. The van der Waals surface area contributed by atoms with Crippen molar-refractivity contribution in [1.82, 2.24) is 10.3 Å². The summed E-state index contributed by atoms with van der Waals surface area (Å²) < 4.78 is 0. The largest absolute Gasteiger partial charge is 0.371 e. The second-order valence-corrected chi connectivity index (χ2v) is 6.84. The second kappa shape index (κ2) is 6.78. The molecule has 1 N–H and O–H groups in total. The third-order valence-electron chi connectivity index (χ3n) is 5.72. The zero-order valence-electron chi connectivity index (χ0n) is 13.5. The molecule has 3 nitrogen and oxygen atoms in total. The highest BCUT2D eigenvalue weighted by Gasteiger charge is 2.33. The van der Waals surface area contributed by atoms with E-state index in [4.69, 9.17) is 0 Å². The molecule has 3 unspecified atom stereocenters. The van der Waals surface area contributed by atoms with E-state index in [1.807, 2.05) is 12.4 Å². The van der Waals surface area contributed by atoms with Crippen LogP contribution < -0.4 is 10.2 Å². The quantitative estimate of drug-likeness (QED) is 0.919. The summed E-state index contributed by atoms with van der Waals surface area (Å²) in [5.74, 6) is 1.80. The lowest BCUT2D eigenvalue weighted by molar-refractivity contribution is 0.298. The molecule has 1 saturated carbocycles. The maximum Gasteiger partial charge on any atom is 0.0397 e. The molecule has 0 amide bonds. The standard InChI is InChI=1S/C18H29N3/c1-3-15-4-5-18(14(15)2)20-16-8-12-21(13-9-16)17-6-10-19-11-7-17/h6-7,10-11,14-16,18,20H,3-5,8-9,12-13H2,1-2H3. The molecule has 2 fully saturated rings. The van der Waals surface area contributed by atoms with Crippen LogP contribution in [0.4, 0.5) is 5.69 Å². The zero-order chi connectivity index (χ0) is 14.7. The molecular weight excluding hydrogens is 258 g/mol. The molecule has 1 aliphatic carbocycles. The fourth-order valence-electron chi connectivity index (χ4n) is 4.22. The molecule has 1 saturated heterocycles. The molecule has 0 radical (unpaired) electrons. The summed E-state index contributed by atoms with van der Waals surface area (Å²) in [4.78, 5) is 6.60. The van der Waals surface area contributed by atoms with Crippen LogP contribution in [0.2, 0.25) is 0 Å². The van der Waals surface area contributed by atoms with E-state index in [0.717, 1.165) is 17.9 Å². The van der Waals surface area contributed by atoms with E-state index in [1.54, 1.807) is 0 Å². The molecule has 21 heavy (non-hydrogen) atoms. The Bertz CT molecular complexity index is 425. The van der Waals surface area contributed by atoms with Crippen LogP contribution in [0.1, 0.15) is 46.0 Å². The SMILES string of the molecule is CCC1CCC(NC2CCN(c3ccncc3)CC2)C1C. The van der Waals surface area contributed by atoms with Crippen molar-refractivity contribution in [2.75, 3.05) is 18.0 Å². The van der Waals surface area contributed by atoms with Crippen LogP contribution in [0.3, 0.4) is 0 Å². The van der Waals surface area contributed by atoms with Crippen LogP contribution in [0, 0.1) is 11.8 Å². The minimum atomic E-state index is 0.714. The van der Waals surface area contributed by atoms with Gasteiger partial charge in [0.2, 0.25) is 0 Å². The molecule has 0 spiro atoms. The highest BCUT2D eigenvalue weighted by molar-refractivity contribution is 5.44. The average molecular weight is 287 g/mol. The smallest absolute Gasteiger partial charge is 0.0397 e. The van der Waals surface area contributed by atoms with Gasteiger partial charge in [0.1, 0.15) is 0 Å². The lowest BCUT2D eigenvalue weighted by atomic mass is 9.92. The Kier molecular flexibility index (Phi) is 4.79. The van der Waals surface area contributed by atoms with Crippen molar-refractivity contribution < 1.29 is 0 Å². The van der Waals surface area contributed by atoms with Crippen molar-refractivity contribution in [2.24, 2.45) is 11.8 Å². The highest BCUT2D eigenvalue weighted by Crippen LogP contribution is 2.34. The van der Waals surface area contributed by atoms with Crippen molar-refractivity contribution >= 4 is 5.69 Å². The normalized spacial score (nSPS) is 30.8. The number of nitrogens with one attached hydrogen (secondary N) is 1. The minimum Gasteiger partial charge on any atom is -0.371 e. The maximum absolute atomic E-state index is 4.11. The number of hydrogen-bond donors (Lipinski definition) is 1. The first-order valence-electron chi connectivity index (χ1n) is 8.69. The summed E-state index contributed by atoms with van der Waals surface area (Å²) in [5.41, 5.74) is 1.32. The van der Waals surface area contributed by atoms with Crippen molar-refractivity contribution in [3.63, 3.8) is 0 Å². The van der Waals surface area contributed by atoms with E-state index < -0.39 is 0 Å². The predicted molar refractivity (Wildman–Crippen MR) is 88.6 cm³/mol. The Morgan fingerprint density at radius 1 is 1.14 bits per heavy atom. The molecular formula is C18H29N3. The lowest BCUT2D eigenvalue weighted by Crippen LogP contribution is -2.47. The van der Waals surface area contributed by atoms with Gasteiger partial charge in [-0.3, -0.25) is 4.98 Å². The number of rotatable bonds is 4. The molecule has 2 aliphatic rings. The predicted octanol–water partition coefficient (Wildman–Crippen LogP) is 3.46. The highest BCUT2D eigenvalue weighted by atomic mass is 15.2. The van der Waals surface area contributed by atoms with Gasteiger partial charge in [-0.15, -0.1) is 0 Å². The summed E-state index contributed by atoms with van der Waals surface area (Å²) in [7, 11) is 0. The summed E-state index contributed by atoms with van der Waals surface area (Å²) in [6.45, 7) is 7.13. The summed E-state index contributed by atoms with van der Waals surface area (Å²) in [5, 5.41) is 3.96. The Morgan fingerprint density at radius 3 is 2.48 bits per heavy atom. The molecule has 2 heterocycles. The van der Waals surface area contributed by atoms with Crippen LogP contribution in [-0.2, 0) is 0 Å². The van der Waals surface area contributed by atoms with Crippen molar-refractivity contribution in [1.29, 1.82) is 0 Å². The molecule has 1 aromatic heterocycles. The van der Waals surface area contributed by atoms with Gasteiger partial charge in [-0.2, -0.15) is 0 Å². The van der Waals surface area contributed by atoms with Gasteiger partial charge in [0.25, 0.3) is 0 Å². The van der Waals surface area contributed by atoms with Gasteiger partial charge >= 0.3 is 0 Å². The molecule has 3 rings (SSSR count). The number of anilines is 1. The van der Waals surface area contributed by atoms with Crippen molar-refractivity contribution in [3.05, 3.63) is 24.5 Å². The average Bonchev–Trinajstić information content (AvgIpc) is 2.89. The first-order chi connectivity index (χ1) is 10.3. The van der Waals surface area contributed by atoms with Crippen LogP contribution in [0.25, 0.3) is 0 Å². The van der Waals surface area contributed by atoms with E-state index >= 15 is 0 Å². The zero-order valence-corrected chi connectivity index (χ0v) is 13.5. The fraction of sp³-hybridized carbons (Fsp3) is 0.722. The maximum atomic E-state index is 4.11. The van der Waals surface area contributed by atoms with Crippen molar-refractivity contribution in [2.45, 2.75) is 58.0 Å². The van der Waals surface area contributed by atoms with Crippen LogP contribution in [0.15, 0.2) is 24.5 Å². The number of hydrogen-bond acceptors (Lipinski definition) is 3. The molecule has 1 aliphatic heterocycles. The summed E-state index contributed by atoms with van der Waals surface area (Å²) in [6.07, 6.45) is 10.5. The Hall–Kier alpha value is -1.09. The van der Waals surface area contributed by atoms with Crippen molar-refractivity contribution in [3.8, 4) is 0 Å². The first-order valence-corrected chi connectivity index (χ1v) is 8.69. The van der Waals surface area contributed by atoms with E-state index in [-0.39, 0.29) is 0 Å². The van der Waals surface area contributed by atoms with E-state index in [2.05, 4.69) is 41.2 Å². The molecule has 0 aromatic carbocycles. The van der Waals surface area contributed by atoms with E-state index in [0.29, 0.717) is 6.04 Å². The Labute approximate surface area is 129 Å². The Morgan fingerprint density at radius 2 is 1.86 bits per heavy atom. The molecule has 3 heteroatoms. The fourth-order valence-corrected chi connectivity index (χ4v) is 4.22. The van der Waals surface area contributed by atoms with E-state index in [9.17, 15) is 0 Å². The summed E-state index contributed by atoms with van der Waals surface area (Å²) >= 11 is 0. The van der Waals surface area contributed by atoms with Gasteiger partial charge in [-0.1, -0.05) is 20.3 Å². The van der Waals surface area contributed by atoms with Gasteiger partial charge in [-0.05, 0) is 49.7 Å². The number of nitrogens with zero attached hydrogens (tertiary/aromatic N) is 2. The number of piperidine rings is 1. The van der Waals surface area contributed by atoms with Crippen LogP contribution in [0.5, 0.6) is 0 Å². The number of pyridine rings is 1. The summed E-state index contributed by atoms with van der Waals surface area (Å²) in [6, 6.07) is 5.72. The minimum absolute atomic E-state index is 0.714. The van der Waals surface area contributed by atoms with Gasteiger partial charge < -0.3 is 10.2 Å². The molecule has 1 aromatic rings. The van der Waals surface area contributed by atoms with E-state index in [1.165, 1.54) is 50.9 Å². The van der Waals surface area contributed by atoms with Gasteiger partial charge in [0, 0.05) is 43.3 Å².